The van der Waals surface area contributed by atoms with Gasteiger partial charge in [-0.2, -0.15) is 4.98 Å². The van der Waals surface area contributed by atoms with Gasteiger partial charge in [0.25, 0.3) is 15.9 Å². The molecule has 3 rings (SSSR count). The van der Waals surface area contributed by atoms with E-state index in [0.29, 0.717) is 11.5 Å². The molecule has 0 bridgehead atoms. The quantitative estimate of drug-likeness (QED) is 0.588. The third-order valence-electron chi connectivity index (χ3n) is 3.39. The van der Waals surface area contributed by atoms with Gasteiger partial charge in [-0.25, -0.2) is 13.4 Å². The maximum absolute atomic E-state index is 12.6. The van der Waals surface area contributed by atoms with Crippen LogP contribution in [-0.2, 0) is 16.6 Å². The van der Waals surface area contributed by atoms with Gasteiger partial charge in [-0.15, -0.1) is 0 Å². The number of methoxy groups -OCH3 is 1. The van der Waals surface area contributed by atoms with E-state index in [4.69, 9.17) is 37.2 Å². The van der Waals surface area contributed by atoms with Gasteiger partial charge in [0.1, 0.15) is 23.0 Å². The summed E-state index contributed by atoms with van der Waals surface area (Å²) in [5, 5.41) is 3.79. The van der Waals surface area contributed by atoms with Gasteiger partial charge in [0.2, 0.25) is 11.7 Å². The van der Waals surface area contributed by atoms with Crippen molar-refractivity contribution in [2.45, 2.75) is 18.4 Å². The average molecular weight is 445 g/mol. The lowest BCUT2D eigenvalue weighted by Crippen LogP contribution is -2.16. The number of hydrogen-bond acceptors (Lipinski definition) is 8. The smallest absolute Gasteiger partial charge is 0.264 e. The van der Waals surface area contributed by atoms with Crippen molar-refractivity contribution in [3.8, 4) is 11.8 Å². The highest BCUT2D eigenvalue weighted by Gasteiger charge is 2.23. The first-order chi connectivity index (χ1) is 13.3. The molecule has 148 valence electrons. The number of hydrogen-bond donors (Lipinski definition) is 1. The molecule has 0 radical (unpaired) electrons. The highest BCUT2D eigenvalue weighted by atomic mass is 35.5. The van der Waals surface area contributed by atoms with Crippen LogP contribution >= 0.6 is 23.2 Å². The third kappa shape index (κ3) is 4.46. The third-order valence-corrected chi connectivity index (χ3v) is 5.71. The van der Waals surface area contributed by atoms with Crippen LogP contribution in [0.3, 0.4) is 0 Å². The zero-order valence-electron chi connectivity index (χ0n) is 14.6. The molecule has 3 aromatic rings. The molecular formula is C16H14Cl2N4O5S. The van der Waals surface area contributed by atoms with E-state index >= 15 is 0 Å². The predicted molar refractivity (Wildman–Crippen MR) is 101 cm³/mol. The lowest BCUT2D eigenvalue weighted by atomic mass is 10.4. The lowest BCUT2D eigenvalue weighted by molar-refractivity contribution is 0.271. The molecule has 2 heterocycles. The second kappa shape index (κ2) is 8.21. The molecule has 0 spiro atoms. The summed E-state index contributed by atoms with van der Waals surface area (Å²) in [7, 11) is -2.76. The van der Waals surface area contributed by atoms with E-state index in [9.17, 15) is 8.42 Å². The summed E-state index contributed by atoms with van der Waals surface area (Å²) in [6.45, 7) is 1.85. The number of aryl methyl sites for hydroxylation is 1. The summed E-state index contributed by atoms with van der Waals surface area (Å²) in [5.74, 6) is 0.534. The molecule has 0 unspecified atom stereocenters. The number of rotatable bonds is 7. The van der Waals surface area contributed by atoms with Gasteiger partial charge in [-0.3, -0.25) is 4.72 Å². The highest BCUT2D eigenvalue weighted by molar-refractivity contribution is 7.92. The Morgan fingerprint density at radius 2 is 2.07 bits per heavy atom. The summed E-state index contributed by atoms with van der Waals surface area (Å²) >= 11 is 11.9. The Morgan fingerprint density at radius 1 is 1.29 bits per heavy atom. The number of aromatic nitrogens is 3. The van der Waals surface area contributed by atoms with Crippen LogP contribution in [0.4, 0.5) is 5.82 Å². The zero-order valence-corrected chi connectivity index (χ0v) is 17.0. The molecule has 0 fully saturated rings. The average Bonchev–Trinajstić information content (AvgIpc) is 3.08. The monoisotopic (exact) mass is 444 g/mol. The van der Waals surface area contributed by atoms with E-state index in [1.165, 1.54) is 31.5 Å². The van der Waals surface area contributed by atoms with Crippen molar-refractivity contribution in [2.75, 3.05) is 11.8 Å². The Balaban J connectivity index is 1.81. The number of nitrogens with zero attached hydrogens (tertiary/aromatic N) is 3. The van der Waals surface area contributed by atoms with Crippen LogP contribution < -0.4 is 14.2 Å². The molecule has 28 heavy (non-hydrogen) atoms. The van der Waals surface area contributed by atoms with Crippen molar-refractivity contribution in [3.63, 3.8) is 0 Å². The van der Waals surface area contributed by atoms with Gasteiger partial charge in [0.05, 0.1) is 23.4 Å². The molecule has 0 aliphatic heterocycles. The van der Waals surface area contributed by atoms with Crippen LogP contribution in [0.25, 0.3) is 0 Å². The number of nitrogens with one attached hydrogen (secondary N) is 1. The molecule has 0 aliphatic carbocycles. The predicted octanol–water partition coefficient (Wildman–Crippen LogP) is 3.47. The van der Waals surface area contributed by atoms with E-state index in [1.54, 1.807) is 13.0 Å². The number of sulfonamides is 1. The van der Waals surface area contributed by atoms with E-state index in [1.807, 2.05) is 0 Å². The number of ether oxygens (including phenoxy) is 2. The van der Waals surface area contributed by atoms with E-state index in [-0.39, 0.29) is 39.1 Å². The van der Waals surface area contributed by atoms with Gasteiger partial charge in [0.15, 0.2) is 0 Å². The van der Waals surface area contributed by atoms with Crippen LogP contribution in [0.1, 0.15) is 11.5 Å². The Hall–Kier alpha value is -2.56. The minimum atomic E-state index is -4.08. The van der Waals surface area contributed by atoms with Crippen molar-refractivity contribution < 1.29 is 22.4 Å². The molecular weight excluding hydrogens is 431 g/mol. The topological polar surface area (TPSA) is 116 Å². The van der Waals surface area contributed by atoms with Crippen LogP contribution in [0, 0.1) is 6.92 Å². The van der Waals surface area contributed by atoms with Crippen LogP contribution in [0.15, 0.2) is 39.9 Å². The van der Waals surface area contributed by atoms with Crippen LogP contribution in [0.2, 0.25) is 10.0 Å². The Bertz CT molecular complexity index is 1100. The van der Waals surface area contributed by atoms with Crippen molar-refractivity contribution in [2.24, 2.45) is 0 Å². The summed E-state index contributed by atoms with van der Waals surface area (Å²) < 4.78 is 43.0. The Kier molecular flexibility index (Phi) is 5.92. The number of benzene rings is 1. The van der Waals surface area contributed by atoms with Gasteiger partial charge >= 0.3 is 0 Å². The zero-order chi connectivity index (χ0) is 20.3. The van der Waals surface area contributed by atoms with Crippen molar-refractivity contribution >= 4 is 39.0 Å². The second-order valence-electron chi connectivity index (χ2n) is 5.44. The Morgan fingerprint density at radius 3 is 2.75 bits per heavy atom. The fourth-order valence-electron chi connectivity index (χ4n) is 2.15. The largest absolute Gasteiger partial charge is 0.478 e. The van der Waals surface area contributed by atoms with Gasteiger partial charge < -0.3 is 14.0 Å². The van der Waals surface area contributed by atoms with Crippen LogP contribution in [0.5, 0.6) is 11.8 Å². The standard InChI is InChI=1S/C16H14Cl2N4O5S/c1-9-6-10(21-27-9)8-26-13-7-19-15(16(20-13)25-2)22-28(23,24)12-5-3-4-11(17)14(12)18/h3-7H,8H2,1-2H3,(H,19,22). The van der Waals surface area contributed by atoms with E-state index < -0.39 is 10.0 Å². The van der Waals surface area contributed by atoms with Gasteiger partial charge in [0, 0.05) is 6.07 Å². The molecule has 1 aromatic carbocycles. The first kappa shape index (κ1) is 20.2. The fraction of sp³-hybridized carbons (Fsp3) is 0.188. The first-order valence-corrected chi connectivity index (χ1v) is 9.97. The number of halogens is 2. The van der Waals surface area contributed by atoms with Crippen LogP contribution in [-0.4, -0.2) is 30.7 Å². The summed E-state index contributed by atoms with van der Waals surface area (Å²) in [4.78, 5) is 7.88. The normalized spacial score (nSPS) is 11.3. The summed E-state index contributed by atoms with van der Waals surface area (Å²) in [6.07, 6.45) is 1.24. The lowest BCUT2D eigenvalue weighted by Gasteiger charge is -2.12. The van der Waals surface area contributed by atoms with Crippen molar-refractivity contribution in [1.82, 2.24) is 15.1 Å². The highest BCUT2D eigenvalue weighted by Crippen LogP contribution is 2.31. The van der Waals surface area contributed by atoms with E-state index in [0.717, 1.165) is 0 Å². The van der Waals surface area contributed by atoms with Gasteiger partial charge in [-0.1, -0.05) is 34.4 Å². The summed E-state index contributed by atoms with van der Waals surface area (Å²) in [5.41, 5.74) is 0.568. The molecule has 0 aliphatic rings. The molecule has 2 aromatic heterocycles. The molecule has 9 nitrogen and oxygen atoms in total. The molecule has 1 N–H and O–H groups in total. The van der Waals surface area contributed by atoms with E-state index in [2.05, 4.69) is 19.8 Å². The summed E-state index contributed by atoms with van der Waals surface area (Å²) in [6, 6.07) is 5.97. The molecule has 0 saturated heterocycles. The van der Waals surface area contributed by atoms with Crippen molar-refractivity contribution in [3.05, 3.63) is 52.0 Å². The molecule has 0 atom stereocenters. The maximum atomic E-state index is 12.6. The first-order valence-electron chi connectivity index (χ1n) is 7.73. The fourth-order valence-corrected chi connectivity index (χ4v) is 3.92. The SMILES string of the molecule is COc1nc(OCc2cc(C)on2)cnc1NS(=O)(=O)c1cccc(Cl)c1Cl. The second-order valence-corrected chi connectivity index (χ2v) is 7.88. The number of anilines is 1. The molecule has 0 amide bonds. The Labute approximate surface area is 170 Å². The molecule has 0 saturated carbocycles. The van der Waals surface area contributed by atoms with Gasteiger partial charge in [-0.05, 0) is 19.1 Å². The van der Waals surface area contributed by atoms with Crippen molar-refractivity contribution in [1.29, 1.82) is 0 Å². The minimum Gasteiger partial charge on any atom is -0.478 e. The maximum Gasteiger partial charge on any atom is 0.264 e. The molecule has 12 heteroatoms. The minimum absolute atomic E-state index is 0.0874.